The molecule has 0 aliphatic carbocycles. The van der Waals surface area contributed by atoms with Gasteiger partial charge >= 0.3 is 6.18 Å². The highest BCUT2D eigenvalue weighted by Crippen LogP contribution is 2.35. The van der Waals surface area contributed by atoms with Crippen LogP contribution in [0.5, 0.6) is 5.75 Å². The van der Waals surface area contributed by atoms with E-state index < -0.39 is 28.6 Å². The maximum atomic E-state index is 12.8. The van der Waals surface area contributed by atoms with Crippen molar-refractivity contribution < 1.29 is 27.5 Å². The van der Waals surface area contributed by atoms with Crippen LogP contribution in [-0.4, -0.2) is 18.4 Å². The molecule has 9 heteroatoms. The number of ether oxygens (including phenoxy) is 1. The number of nitrogens with two attached hydrogens (primary N) is 1. The Kier molecular flexibility index (Phi) is 6.46. The van der Waals surface area contributed by atoms with E-state index in [0.29, 0.717) is 11.4 Å². The summed E-state index contributed by atoms with van der Waals surface area (Å²) in [4.78, 5) is 22.7. The molecule has 0 unspecified atom stereocenters. The Bertz CT molecular complexity index is 882. The van der Waals surface area contributed by atoms with Crippen molar-refractivity contribution in [1.29, 1.82) is 0 Å². The molecule has 2 amide bonds. The van der Waals surface area contributed by atoms with Crippen LogP contribution in [0.15, 0.2) is 48.5 Å². The van der Waals surface area contributed by atoms with E-state index >= 15 is 0 Å². The van der Waals surface area contributed by atoms with Crippen LogP contribution in [0, 0.1) is 0 Å². The molecule has 0 aromatic heterocycles. The van der Waals surface area contributed by atoms with Crippen LogP contribution in [0.1, 0.15) is 11.1 Å². The number of halogens is 4. The summed E-state index contributed by atoms with van der Waals surface area (Å²) in [5.74, 6) is -0.887. The van der Waals surface area contributed by atoms with Gasteiger partial charge in [-0.15, -0.1) is 0 Å². The molecule has 0 heterocycles. The Morgan fingerprint density at radius 2 is 1.93 bits per heavy atom. The number of alkyl halides is 3. The zero-order valence-corrected chi connectivity index (χ0v) is 14.5. The molecule has 3 N–H and O–H groups in total. The second-order valence-electron chi connectivity index (χ2n) is 5.34. The Morgan fingerprint density at radius 3 is 2.59 bits per heavy atom. The van der Waals surface area contributed by atoms with Crippen molar-refractivity contribution in [2.24, 2.45) is 5.73 Å². The molecular formula is C18H14ClF3N2O3. The van der Waals surface area contributed by atoms with E-state index in [4.69, 9.17) is 22.1 Å². The summed E-state index contributed by atoms with van der Waals surface area (Å²) in [7, 11) is 0. The molecule has 0 saturated carbocycles. The zero-order chi connectivity index (χ0) is 20.0. The predicted molar refractivity (Wildman–Crippen MR) is 95.2 cm³/mol. The van der Waals surface area contributed by atoms with E-state index in [1.54, 1.807) is 18.2 Å². The fourth-order valence-corrected chi connectivity index (χ4v) is 2.26. The minimum absolute atomic E-state index is 0.167. The van der Waals surface area contributed by atoms with E-state index in [9.17, 15) is 22.8 Å². The first-order valence-electron chi connectivity index (χ1n) is 7.52. The number of carbonyl (C=O) groups is 2. The van der Waals surface area contributed by atoms with Crippen molar-refractivity contribution >= 4 is 35.2 Å². The summed E-state index contributed by atoms with van der Waals surface area (Å²) in [5.41, 5.74) is 4.54. The minimum atomic E-state index is -4.59. The van der Waals surface area contributed by atoms with Gasteiger partial charge in [-0.1, -0.05) is 23.7 Å². The van der Waals surface area contributed by atoms with E-state index in [1.807, 2.05) is 0 Å². The van der Waals surface area contributed by atoms with Crippen molar-refractivity contribution in [3.8, 4) is 5.75 Å². The molecule has 0 spiro atoms. The molecule has 0 fully saturated rings. The molecule has 2 aromatic carbocycles. The second-order valence-corrected chi connectivity index (χ2v) is 5.75. The summed E-state index contributed by atoms with van der Waals surface area (Å²) in [6.07, 6.45) is -2.27. The molecule has 0 bridgehead atoms. The Hall–Kier alpha value is -3.00. The van der Waals surface area contributed by atoms with Crippen LogP contribution in [-0.2, 0) is 15.8 Å². The molecule has 0 aliphatic heterocycles. The number of nitrogens with one attached hydrogen (secondary N) is 1. The summed E-state index contributed by atoms with van der Waals surface area (Å²) in [6.45, 7) is -0.310. The Balaban J connectivity index is 2.06. The van der Waals surface area contributed by atoms with Gasteiger partial charge in [0.1, 0.15) is 5.75 Å². The summed E-state index contributed by atoms with van der Waals surface area (Å²) in [6, 6.07) is 9.53. The highest BCUT2D eigenvalue weighted by Gasteiger charge is 2.33. The Morgan fingerprint density at radius 1 is 1.19 bits per heavy atom. The van der Waals surface area contributed by atoms with Gasteiger partial charge in [0.05, 0.1) is 10.6 Å². The van der Waals surface area contributed by atoms with Crippen molar-refractivity contribution in [3.05, 3.63) is 64.7 Å². The number of hydrogen-bond acceptors (Lipinski definition) is 3. The third-order valence-corrected chi connectivity index (χ3v) is 3.54. The van der Waals surface area contributed by atoms with E-state index in [0.717, 1.165) is 18.2 Å². The number of benzene rings is 2. The van der Waals surface area contributed by atoms with Crippen molar-refractivity contribution in [2.75, 3.05) is 11.9 Å². The van der Waals surface area contributed by atoms with E-state index in [-0.39, 0.29) is 12.2 Å². The quantitative estimate of drug-likeness (QED) is 0.725. The van der Waals surface area contributed by atoms with E-state index in [2.05, 4.69) is 5.32 Å². The number of anilines is 1. The van der Waals surface area contributed by atoms with Gasteiger partial charge in [0.15, 0.2) is 6.61 Å². The monoisotopic (exact) mass is 398 g/mol. The number of carbonyl (C=O) groups excluding carboxylic acids is 2. The van der Waals surface area contributed by atoms with Crippen molar-refractivity contribution in [3.63, 3.8) is 0 Å². The van der Waals surface area contributed by atoms with Gasteiger partial charge in [0.2, 0.25) is 5.91 Å². The molecule has 2 aromatic rings. The van der Waals surface area contributed by atoms with Crippen LogP contribution in [0.25, 0.3) is 6.08 Å². The largest absolute Gasteiger partial charge is 0.484 e. The first kappa shape index (κ1) is 20.3. The average molecular weight is 399 g/mol. The van der Waals surface area contributed by atoms with Gasteiger partial charge in [0.25, 0.3) is 5.91 Å². The number of rotatable bonds is 6. The van der Waals surface area contributed by atoms with E-state index in [1.165, 1.54) is 18.2 Å². The zero-order valence-electron chi connectivity index (χ0n) is 13.7. The first-order chi connectivity index (χ1) is 12.6. The summed E-state index contributed by atoms with van der Waals surface area (Å²) in [5, 5.41) is 2.11. The van der Waals surface area contributed by atoms with Gasteiger partial charge in [-0.25, -0.2) is 0 Å². The maximum absolute atomic E-state index is 12.8. The molecule has 0 aliphatic rings. The predicted octanol–water partition coefficient (Wildman–Crippen LogP) is 3.87. The SMILES string of the molecule is NC(=O)COc1cccc(NC(=O)/C=C/c2ccc(Cl)c(C(F)(F)F)c2)c1. The minimum Gasteiger partial charge on any atom is -0.484 e. The fraction of sp³-hybridized carbons (Fsp3) is 0.111. The number of hydrogen-bond donors (Lipinski definition) is 2. The van der Waals surface area contributed by atoms with Gasteiger partial charge in [-0.3, -0.25) is 9.59 Å². The lowest BCUT2D eigenvalue weighted by molar-refractivity contribution is -0.137. The van der Waals surface area contributed by atoms with Crippen LogP contribution >= 0.6 is 11.6 Å². The lowest BCUT2D eigenvalue weighted by atomic mass is 10.1. The van der Waals surface area contributed by atoms with Crippen LogP contribution in [0.2, 0.25) is 5.02 Å². The van der Waals surface area contributed by atoms with Crippen LogP contribution in [0.3, 0.4) is 0 Å². The highest BCUT2D eigenvalue weighted by atomic mass is 35.5. The topological polar surface area (TPSA) is 81.4 Å². The lowest BCUT2D eigenvalue weighted by Crippen LogP contribution is -2.20. The maximum Gasteiger partial charge on any atom is 0.417 e. The van der Waals surface area contributed by atoms with Gasteiger partial charge < -0.3 is 15.8 Å². The van der Waals surface area contributed by atoms with Gasteiger partial charge in [-0.05, 0) is 35.9 Å². The fourth-order valence-electron chi connectivity index (χ4n) is 2.04. The van der Waals surface area contributed by atoms with Crippen molar-refractivity contribution in [1.82, 2.24) is 0 Å². The second kappa shape index (κ2) is 8.59. The molecule has 27 heavy (non-hydrogen) atoms. The molecule has 0 radical (unpaired) electrons. The number of amides is 2. The highest BCUT2D eigenvalue weighted by molar-refractivity contribution is 6.31. The molecular weight excluding hydrogens is 385 g/mol. The normalized spacial score (nSPS) is 11.4. The summed E-state index contributed by atoms with van der Waals surface area (Å²) >= 11 is 5.55. The van der Waals surface area contributed by atoms with Gasteiger partial charge in [0, 0.05) is 17.8 Å². The summed E-state index contributed by atoms with van der Waals surface area (Å²) < 4.78 is 43.6. The van der Waals surface area contributed by atoms with Crippen LogP contribution < -0.4 is 15.8 Å². The smallest absolute Gasteiger partial charge is 0.417 e. The van der Waals surface area contributed by atoms with Crippen molar-refractivity contribution in [2.45, 2.75) is 6.18 Å². The Labute approximate surface area is 157 Å². The molecule has 0 saturated heterocycles. The first-order valence-corrected chi connectivity index (χ1v) is 7.90. The standard InChI is InChI=1S/C18H14ClF3N2O3/c19-15-6-4-11(8-14(15)18(20,21)22)5-7-17(26)24-12-2-1-3-13(9-12)27-10-16(23)25/h1-9H,10H2,(H2,23,25)(H,24,26)/b7-5+. The average Bonchev–Trinajstić information content (AvgIpc) is 2.58. The lowest BCUT2D eigenvalue weighted by Gasteiger charge is -2.09. The molecule has 5 nitrogen and oxygen atoms in total. The number of primary amides is 1. The third kappa shape index (κ3) is 6.34. The molecule has 2 rings (SSSR count). The third-order valence-electron chi connectivity index (χ3n) is 3.21. The van der Waals surface area contributed by atoms with Crippen LogP contribution in [0.4, 0.5) is 18.9 Å². The molecule has 0 atom stereocenters. The molecule has 142 valence electrons. The van der Waals surface area contributed by atoms with Gasteiger partial charge in [-0.2, -0.15) is 13.2 Å².